The van der Waals surface area contributed by atoms with Crippen LogP contribution in [0.15, 0.2) is 48.5 Å². The van der Waals surface area contributed by atoms with Crippen LogP contribution < -0.4 is 15.0 Å². The second-order valence-electron chi connectivity index (χ2n) is 6.15. The number of rotatable bonds is 5. The fourth-order valence-electron chi connectivity index (χ4n) is 3.00. The second-order valence-corrected chi connectivity index (χ2v) is 8.21. The zero-order valence-electron chi connectivity index (χ0n) is 15.0. The molecule has 0 unspecified atom stereocenters. The summed E-state index contributed by atoms with van der Waals surface area (Å²) < 4.78 is 30.4. The third kappa shape index (κ3) is 3.80. The highest BCUT2D eigenvalue weighted by Gasteiger charge is 2.45. The third-order valence-electron chi connectivity index (χ3n) is 4.30. The zero-order valence-corrected chi connectivity index (χ0v) is 15.8. The summed E-state index contributed by atoms with van der Waals surface area (Å²) in [6.07, 6.45) is 0.315. The Balaban J connectivity index is 2.02. The number of nitrogens with one attached hydrogen (secondary N) is 1. The van der Waals surface area contributed by atoms with Gasteiger partial charge in [-0.05, 0) is 35.9 Å². The van der Waals surface area contributed by atoms with Gasteiger partial charge in [-0.15, -0.1) is 0 Å². The van der Waals surface area contributed by atoms with Gasteiger partial charge in [-0.2, -0.15) is 0 Å². The molecule has 0 spiro atoms. The van der Waals surface area contributed by atoms with Crippen molar-refractivity contribution in [3.63, 3.8) is 0 Å². The standard InChI is InChI=1S/C19H20N2O5S/c1-3-17(22)20-14-5-4-6-15(11-14)21-18(23)12-27(24,25)19(21)13-7-9-16(26-2)10-8-13/h4-11,19H,3,12H2,1-2H3,(H,20,22)/t19-/m0/s1. The molecule has 2 aromatic carbocycles. The number of anilines is 2. The molecule has 2 amide bonds. The van der Waals surface area contributed by atoms with E-state index in [-0.39, 0.29) is 5.91 Å². The quantitative estimate of drug-likeness (QED) is 0.850. The first-order chi connectivity index (χ1) is 12.9. The van der Waals surface area contributed by atoms with Gasteiger partial charge >= 0.3 is 0 Å². The van der Waals surface area contributed by atoms with E-state index in [1.54, 1.807) is 55.5 Å². The van der Waals surface area contributed by atoms with Gasteiger partial charge in [0.1, 0.15) is 11.5 Å². The molecule has 0 saturated carbocycles. The van der Waals surface area contributed by atoms with Gasteiger partial charge in [0.05, 0.1) is 7.11 Å². The van der Waals surface area contributed by atoms with E-state index in [0.717, 1.165) is 0 Å². The Hall–Kier alpha value is -2.87. The fraction of sp³-hybridized carbons (Fsp3) is 0.263. The molecule has 8 heteroatoms. The first kappa shape index (κ1) is 18.9. The minimum absolute atomic E-state index is 0.167. The van der Waals surface area contributed by atoms with Crippen LogP contribution in [0.25, 0.3) is 0 Å². The van der Waals surface area contributed by atoms with E-state index in [2.05, 4.69) is 5.32 Å². The second kappa shape index (κ2) is 7.40. The molecule has 27 heavy (non-hydrogen) atoms. The number of nitrogens with zero attached hydrogens (tertiary/aromatic N) is 1. The maximum Gasteiger partial charge on any atom is 0.243 e. The Morgan fingerprint density at radius 3 is 2.56 bits per heavy atom. The maximum absolute atomic E-state index is 12.7. The first-order valence-corrected chi connectivity index (χ1v) is 10.1. The molecule has 7 nitrogen and oxygen atoms in total. The lowest BCUT2D eigenvalue weighted by Crippen LogP contribution is -2.29. The SMILES string of the molecule is CCC(=O)Nc1cccc(N2C(=O)CS(=O)(=O)[C@H]2c2ccc(OC)cc2)c1. The molecule has 2 aromatic rings. The van der Waals surface area contributed by atoms with E-state index in [0.29, 0.717) is 29.1 Å². The smallest absolute Gasteiger partial charge is 0.243 e. The Labute approximate surface area is 157 Å². The highest BCUT2D eigenvalue weighted by atomic mass is 32.2. The molecule has 1 fully saturated rings. The number of carbonyl (C=O) groups excluding carboxylic acids is 2. The van der Waals surface area contributed by atoms with Crippen LogP contribution in [-0.2, 0) is 19.4 Å². The summed E-state index contributed by atoms with van der Waals surface area (Å²) in [6, 6.07) is 13.2. The molecule has 1 aliphatic rings. The summed E-state index contributed by atoms with van der Waals surface area (Å²) in [4.78, 5) is 25.4. The van der Waals surface area contributed by atoms with Crippen molar-refractivity contribution in [3.05, 3.63) is 54.1 Å². The van der Waals surface area contributed by atoms with Gasteiger partial charge in [-0.1, -0.05) is 25.1 Å². The van der Waals surface area contributed by atoms with Crippen molar-refractivity contribution in [2.75, 3.05) is 23.1 Å². The number of benzene rings is 2. The number of ether oxygens (including phenoxy) is 1. The Morgan fingerprint density at radius 1 is 1.22 bits per heavy atom. The number of hydrogen-bond acceptors (Lipinski definition) is 5. The number of hydrogen-bond donors (Lipinski definition) is 1. The summed E-state index contributed by atoms with van der Waals surface area (Å²) in [6.45, 7) is 1.73. The number of sulfone groups is 1. The van der Waals surface area contributed by atoms with E-state index in [1.165, 1.54) is 12.0 Å². The van der Waals surface area contributed by atoms with Crippen molar-refractivity contribution < 1.29 is 22.7 Å². The van der Waals surface area contributed by atoms with Crippen molar-refractivity contribution in [1.29, 1.82) is 0 Å². The molecule has 1 N–H and O–H groups in total. The summed E-state index contributed by atoms with van der Waals surface area (Å²) in [5.74, 6) is -0.639. The summed E-state index contributed by atoms with van der Waals surface area (Å²) in [5, 5.41) is 1.60. The monoisotopic (exact) mass is 388 g/mol. The van der Waals surface area contributed by atoms with Crippen LogP contribution in [-0.4, -0.2) is 33.1 Å². The van der Waals surface area contributed by atoms with Gasteiger partial charge in [-0.25, -0.2) is 8.42 Å². The highest BCUT2D eigenvalue weighted by molar-refractivity contribution is 7.93. The lowest BCUT2D eigenvalue weighted by molar-refractivity contribution is -0.116. The van der Waals surface area contributed by atoms with E-state index >= 15 is 0 Å². The lowest BCUT2D eigenvalue weighted by atomic mass is 10.1. The van der Waals surface area contributed by atoms with Crippen molar-refractivity contribution in [1.82, 2.24) is 0 Å². The van der Waals surface area contributed by atoms with Crippen LogP contribution in [0.3, 0.4) is 0 Å². The molecule has 1 heterocycles. The molecular formula is C19H20N2O5S. The minimum atomic E-state index is -3.70. The molecule has 1 atom stereocenters. The van der Waals surface area contributed by atoms with E-state index in [9.17, 15) is 18.0 Å². The van der Waals surface area contributed by atoms with Gasteiger partial charge in [0.25, 0.3) is 0 Å². The van der Waals surface area contributed by atoms with Gasteiger partial charge in [0.2, 0.25) is 11.8 Å². The average Bonchev–Trinajstić information content (AvgIpc) is 2.90. The lowest BCUT2D eigenvalue weighted by Gasteiger charge is -2.24. The van der Waals surface area contributed by atoms with Crippen LogP contribution in [0.1, 0.15) is 24.3 Å². The Kier molecular flexibility index (Phi) is 5.18. The Bertz CT molecular complexity index is 970. The number of methoxy groups -OCH3 is 1. The predicted octanol–water partition coefficient (Wildman–Crippen LogP) is 2.50. The average molecular weight is 388 g/mol. The summed E-state index contributed by atoms with van der Waals surface area (Å²) >= 11 is 0. The third-order valence-corrected chi connectivity index (χ3v) is 6.11. The molecule has 0 aromatic heterocycles. The molecule has 3 rings (SSSR count). The molecule has 0 aliphatic carbocycles. The van der Waals surface area contributed by atoms with Gasteiger partial charge in [0.15, 0.2) is 15.2 Å². The number of carbonyl (C=O) groups is 2. The van der Waals surface area contributed by atoms with Crippen LogP contribution in [0.2, 0.25) is 0 Å². The van der Waals surface area contributed by atoms with Crippen molar-refractivity contribution in [3.8, 4) is 5.75 Å². The largest absolute Gasteiger partial charge is 0.497 e. The van der Waals surface area contributed by atoms with Crippen LogP contribution >= 0.6 is 0 Å². The molecule has 1 saturated heterocycles. The Morgan fingerprint density at radius 2 is 1.93 bits per heavy atom. The molecule has 0 radical (unpaired) electrons. The number of amides is 2. The summed E-state index contributed by atoms with van der Waals surface area (Å²) in [7, 11) is -2.18. The van der Waals surface area contributed by atoms with Crippen LogP contribution in [0.5, 0.6) is 5.75 Å². The molecule has 0 bridgehead atoms. The van der Waals surface area contributed by atoms with Gasteiger partial charge < -0.3 is 10.1 Å². The fourth-order valence-corrected chi connectivity index (χ4v) is 4.77. The van der Waals surface area contributed by atoms with Crippen LogP contribution in [0, 0.1) is 0 Å². The van der Waals surface area contributed by atoms with Gasteiger partial charge in [-0.3, -0.25) is 14.5 Å². The van der Waals surface area contributed by atoms with Gasteiger partial charge in [0, 0.05) is 17.8 Å². The van der Waals surface area contributed by atoms with E-state index in [4.69, 9.17) is 4.74 Å². The van der Waals surface area contributed by atoms with Crippen molar-refractivity contribution in [2.45, 2.75) is 18.7 Å². The first-order valence-electron chi connectivity index (χ1n) is 8.43. The van der Waals surface area contributed by atoms with E-state index in [1.807, 2.05) is 0 Å². The molecule has 1 aliphatic heterocycles. The molecular weight excluding hydrogens is 368 g/mol. The topological polar surface area (TPSA) is 92.8 Å². The van der Waals surface area contributed by atoms with Crippen LogP contribution in [0.4, 0.5) is 11.4 Å². The molecule has 142 valence electrons. The minimum Gasteiger partial charge on any atom is -0.497 e. The predicted molar refractivity (Wildman–Crippen MR) is 102 cm³/mol. The highest BCUT2D eigenvalue weighted by Crippen LogP contribution is 2.38. The van der Waals surface area contributed by atoms with E-state index < -0.39 is 26.9 Å². The van der Waals surface area contributed by atoms with Crippen molar-refractivity contribution >= 4 is 33.0 Å². The normalized spacial score (nSPS) is 18.4. The van der Waals surface area contributed by atoms with Crippen molar-refractivity contribution in [2.24, 2.45) is 0 Å². The maximum atomic E-state index is 12.7. The summed E-state index contributed by atoms with van der Waals surface area (Å²) in [5.41, 5.74) is 1.39. The zero-order chi connectivity index (χ0) is 19.6.